The zero-order valence-corrected chi connectivity index (χ0v) is 13.3. The van der Waals surface area contributed by atoms with Gasteiger partial charge >= 0.3 is 0 Å². The van der Waals surface area contributed by atoms with Gasteiger partial charge in [0.2, 0.25) is 0 Å². The Labute approximate surface area is 133 Å². The maximum atomic E-state index is 12.3. The van der Waals surface area contributed by atoms with E-state index >= 15 is 0 Å². The first kappa shape index (κ1) is 16.8. The third-order valence-corrected chi connectivity index (χ3v) is 4.07. The Balaban J connectivity index is 2.33. The summed E-state index contributed by atoms with van der Waals surface area (Å²) >= 11 is 0. The second kappa shape index (κ2) is 6.27. The first-order chi connectivity index (χ1) is 10.7. The number of amides is 1. The number of rotatable bonds is 4. The number of benzene rings is 2. The zero-order chi connectivity index (χ0) is 17.2. The van der Waals surface area contributed by atoms with Gasteiger partial charge in [0.25, 0.3) is 16.0 Å². The molecule has 0 atom stereocenters. The van der Waals surface area contributed by atoms with Crippen LogP contribution in [0, 0.1) is 6.92 Å². The van der Waals surface area contributed by atoms with Crippen molar-refractivity contribution in [2.24, 2.45) is 0 Å². The van der Waals surface area contributed by atoms with Crippen molar-refractivity contribution in [1.82, 2.24) is 0 Å². The second-order valence-electron chi connectivity index (χ2n) is 4.87. The normalized spacial score (nSPS) is 11.1. The summed E-state index contributed by atoms with van der Waals surface area (Å²) in [4.78, 5) is 11.9. The Morgan fingerprint density at radius 3 is 2.57 bits per heavy atom. The van der Waals surface area contributed by atoms with Crippen molar-refractivity contribution in [1.29, 1.82) is 0 Å². The van der Waals surface area contributed by atoms with Crippen LogP contribution in [0.25, 0.3) is 0 Å². The largest absolute Gasteiger partial charge is 0.495 e. The van der Waals surface area contributed by atoms with Crippen molar-refractivity contribution in [2.75, 3.05) is 18.2 Å². The van der Waals surface area contributed by atoms with Crippen LogP contribution in [0.5, 0.6) is 5.75 Å². The number of carbonyl (C=O) groups excluding carboxylic acids is 1. The van der Waals surface area contributed by atoms with E-state index < -0.39 is 16.0 Å². The number of anilines is 2. The van der Waals surface area contributed by atoms with Crippen molar-refractivity contribution in [2.45, 2.75) is 11.8 Å². The van der Waals surface area contributed by atoms with Gasteiger partial charge in [-0.15, -0.1) is 0 Å². The summed E-state index contributed by atoms with van der Waals surface area (Å²) in [7, 11) is -2.91. The lowest BCUT2D eigenvalue weighted by Crippen LogP contribution is -2.14. The molecule has 122 valence electrons. The third-order valence-electron chi connectivity index (χ3n) is 3.22. The van der Waals surface area contributed by atoms with Crippen molar-refractivity contribution >= 4 is 27.4 Å². The summed E-state index contributed by atoms with van der Waals surface area (Å²) in [5.74, 6) is -0.108. The van der Waals surface area contributed by atoms with E-state index in [4.69, 9.17) is 15.0 Å². The lowest BCUT2D eigenvalue weighted by Gasteiger charge is -2.12. The lowest BCUT2D eigenvalue weighted by molar-refractivity contribution is 0.102. The van der Waals surface area contributed by atoms with Crippen molar-refractivity contribution in [3.05, 3.63) is 47.5 Å². The van der Waals surface area contributed by atoms with Crippen LogP contribution in [0.15, 0.2) is 41.3 Å². The van der Waals surface area contributed by atoms with Gasteiger partial charge in [0, 0.05) is 17.3 Å². The number of hydrogen-bond acceptors (Lipinski definition) is 5. The smallest absolute Gasteiger partial charge is 0.294 e. The summed E-state index contributed by atoms with van der Waals surface area (Å²) in [6.45, 7) is 1.76. The molecule has 0 saturated heterocycles. The van der Waals surface area contributed by atoms with Crippen LogP contribution in [0.2, 0.25) is 0 Å². The van der Waals surface area contributed by atoms with Crippen LogP contribution in [0.1, 0.15) is 15.9 Å². The fourth-order valence-electron chi connectivity index (χ4n) is 2.01. The van der Waals surface area contributed by atoms with E-state index in [1.807, 2.05) is 0 Å². The van der Waals surface area contributed by atoms with Crippen molar-refractivity contribution < 1.29 is 22.5 Å². The molecule has 0 aliphatic rings. The first-order valence-electron chi connectivity index (χ1n) is 6.55. The molecule has 4 N–H and O–H groups in total. The number of hydrogen-bond donors (Lipinski definition) is 3. The second-order valence-corrected chi connectivity index (χ2v) is 6.29. The van der Waals surface area contributed by atoms with Crippen LogP contribution >= 0.6 is 0 Å². The molecule has 2 rings (SSSR count). The summed E-state index contributed by atoms with van der Waals surface area (Å²) in [5, 5.41) is 2.66. The predicted molar refractivity (Wildman–Crippen MR) is 86.4 cm³/mol. The predicted octanol–water partition coefficient (Wildman–Crippen LogP) is 2.08. The fraction of sp³-hybridized carbons (Fsp3) is 0.133. The first-order valence-corrected chi connectivity index (χ1v) is 7.99. The summed E-state index contributed by atoms with van der Waals surface area (Å²) in [6, 6.07) is 8.33. The highest BCUT2D eigenvalue weighted by atomic mass is 32.2. The van der Waals surface area contributed by atoms with Gasteiger partial charge in [-0.1, -0.05) is 6.07 Å². The fourth-order valence-corrected chi connectivity index (χ4v) is 2.54. The Morgan fingerprint density at radius 1 is 1.26 bits per heavy atom. The maximum absolute atomic E-state index is 12.3. The van der Waals surface area contributed by atoms with Crippen LogP contribution in [-0.2, 0) is 10.1 Å². The highest BCUT2D eigenvalue weighted by Gasteiger charge is 2.14. The van der Waals surface area contributed by atoms with Crippen LogP contribution < -0.4 is 15.8 Å². The minimum Gasteiger partial charge on any atom is -0.495 e. The van der Waals surface area contributed by atoms with Crippen LogP contribution in [0.3, 0.4) is 0 Å². The van der Waals surface area contributed by atoms with Crippen LogP contribution in [0.4, 0.5) is 11.4 Å². The topological polar surface area (TPSA) is 119 Å². The van der Waals surface area contributed by atoms with E-state index in [0.717, 1.165) is 11.6 Å². The van der Waals surface area contributed by atoms with Gasteiger partial charge in [-0.25, -0.2) is 0 Å². The monoisotopic (exact) mass is 336 g/mol. The van der Waals surface area contributed by atoms with E-state index in [0.29, 0.717) is 17.1 Å². The van der Waals surface area contributed by atoms with E-state index in [9.17, 15) is 13.2 Å². The van der Waals surface area contributed by atoms with Gasteiger partial charge in [-0.05, 0) is 36.8 Å². The number of nitrogen functional groups attached to an aromatic ring is 1. The Kier molecular flexibility index (Phi) is 4.57. The minimum atomic E-state index is -4.37. The number of methoxy groups -OCH3 is 1. The number of nitrogens with two attached hydrogens (primary N) is 1. The molecule has 1 amide bonds. The average molecular weight is 336 g/mol. The zero-order valence-electron chi connectivity index (χ0n) is 12.5. The van der Waals surface area contributed by atoms with Gasteiger partial charge in [-0.3, -0.25) is 9.35 Å². The molecule has 0 fully saturated rings. The molecule has 0 aliphatic carbocycles. The molecule has 0 bridgehead atoms. The third kappa shape index (κ3) is 3.79. The lowest BCUT2D eigenvalue weighted by atomic mass is 10.1. The van der Waals surface area contributed by atoms with Crippen molar-refractivity contribution in [3.8, 4) is 5.75 Å². The van der Waals surface area contributed by atoms with E-state index in [1.165, 1.54) is 25.3 Å². The summed E-state index contributed by atoms with van der Waals surface area (Å²) in [5.41, 5.74) is 7.52. The molecule has 8 heteroatoms. The van der Waals surface area contributed by atoms with Crippen molar-refractivity contribution in [3.63, 3.8) is 0 Å². The Bertz CT molecular complexity index is 862. The minimum absolute atomic E-state index is 0.0929. The van der Waals surface area contributed by atoms with Gasteiger partial charge in [0.05, 0.1) is 17.7 Å². The molecule has 0 radical (unpaired) electrons. The number of carbonyl (C=O) groups is 1. The molecule has 0 heterocycles. The van der Waals surface area contributed by atoms with E-state index in [1.54, 1.807) is 19.1 Å². The molecule has 0 unspecified atom stereocenters. The molecular weight excluding hydrogens is 320 g/mol. The Hall–Kier alpha value is -2.58. The Morgan fingerprint density at radius 2 is 1.96 bits per heavy atom. The molecule has 0 aromatic heterocycles. The average Bonchev–Trinajstić information content (AvgIpc) is 2.49. The number of nitrogens with one attached hydrogen (secondary N) is 1. The van der Waals surface area contributed by atoms with Gasteiger partial charge in [0.1, 0.15) is 5.75 Å². The molecule has 2 aromatic carbocycles. The molecule has 2 aromatic rings. The number of ether oxygens (including phenoxy) is 1. The van der Waals surface area contributed by atoms with Gasteiger partial charge in [0.15, 0.2) is 0 Å². The quantitative estimate of drug-likeness (QED) is 0.581. The SMILES string of the molecule is COc1cc(NC(=O)c2cccc(S(=O)(=O)O)c2)c(C)cc1N. The molecule has 0 saturated carbocycles. The van der Waals surface area contributed by atoms with E-state index in [2.05, 4.69) is 5.32 Å². The summed E-state index contributed by atoms with van der Waals surface area (Å²) < 4.78 is 36.4. The molecular formula is C15H16N2O5S. The van der Waals surface area contributed by atoms with E-state index in [-0.39, 0.29) is 10.5 Å². The number of aryl methyl sites for hydroxylation is 1. The standard InChI is InChI=1S/C15H16N2O5S/c1-9-6-12(16)14(22-2)8-13(9)17-15(18)10-4-3-5-11(7-10)23(19,20)21/h3-8H,16H2,1-2H3,(H,17,18)(H,19,20,21). The van der Waals surface area contributed by atoms with Crippen LogP contribution in [-0.4, -0.2) is 26.0 Å². The highest BCUT2D eigenvalue weighted by Crippen LogP contribution is 2.29. The highest BCUT2D eigenvalue weighted by molar-refractivity contribution is 7.85. The molecule has 23 heavy (non-hydrogen) atoms. The maximum Gasteiger partial charge on any atom is 0.294 e. The molecule has 7 nitrogen and oxygen atoms in total. The summed E-state index contributed by atoms with van der Waals surface area (Å²) in [6.07, 6.45) is 0. The molecule has 0 aliphatic heterocycles. The van der Waals surface area contributed by atoms with Gasteiger partial charge in [-0.2, -0.15) is 8.42 Å². The van der Waals surface area contributed by atoms with Gasteiger partial charge < -0.3 is 15.8 Å². The molecule has 0 spiro atoms.